The van der Waals surface area contributed by atoms with Gasteiger partial charge < -0.3 is 10.1 Å². The largest absolute Gasteiger partial charge is 0.497 e. The van der Waals surface area contributed by atoms with Crippen molar-refractivity contribution in [2.75, 3.05) is 12.0 Å². The Morgan fingerprint density at radius 2 is 1.93 bits per heavy atom. The number of ether oxygens (including phenoxy) is 1. The fourth-order valence-corrected chi connectivity index (χ4v) is 4.91. The molecule has 1 N–H and O–H groups in total. The maximum Gasteiger partial charge on any atom is 0.251 e. The number of amides is 2. The second-order valence-electron chi connectivity index (χ2n) is 7.28. The maximum atomic E-state index is 13.4. The van der Waals surface area contributed by atoms with Crippen molar-refractivity contribution in [3.63, 3.8) is 0 Å². The summed E-state index contributed by atoms with van der Waals surface area (Å²) in [6, 6.07) is 9.47. The van der Waals surface area contributed by atoms with Gasteiger partial charge >= 0.3 is 0 Å². The number of hydrogen-bond acceptors (Lipinski definition) is 4. The van der Waals surface area contributed by atoms with Crippen molar-refractivity contribution in [3.05, 3.63) is 46.7 Å². The SMILES string of the molecule is COc1ccc(N2C(=O)C[C@]2(C(=O)NC2CCCCC2)c2ccsc2)cc1. The molecule has 2 heterocycles. The number of methoxy groups -OCH3 is 1. The van der Waals surface area contributed by atoms with Gasteiger partial charge in [0.05, 0.1) is 13.5 Å². The molecule has 1 aliphatic carbocycles. The van der Waals surface area contributed by atoms with Crippen molar-refractivity contribution in [2.24, 2.45) is 0 Å². The minimum Gasteiger partial charge on any atom is -0.497 e. The number of nitrogens with one attached hydrogen (secondary N) is 1. The van der Waals surface area contributed by atoms with Crippen LogP contribution in [0.25, 0.3) is 0 Å². The van der Waals surface area contributed by atoms with E-state index in [9.17, 15) is 9.59 Å². The normalized spacial score (nSPS) is 23.0. The second kappa shape index (κ2) is 7.35. The molecule has 1 saturated carbocycles. The summed E-state index contributed by atoms with van der Waals surface area (Å²) in [5, 5.41) is 7.17. The van der Waals surface area contributed by atoms with Crippen LogP contribution in [-0.4, -0.2) is 25.0 Å². The van der Waals surface area contributed by atoms with E-state index in [0.717, 1.165) is 42.7 Å². The minimum absolute atomic E-state index is 0.0369. The monoisotopic (exact) mass is 384 g/mol. The summed E-state index contributed by atoms with van der Waals surface area (Å²) in [6.07, 6.45) is 5.77. The van der Waals surface area contributed by atoms with E-state index in [1.807, 2.05) is 41.1 Å². The first-order valence-electron chi connectivity index (χ1n) is 9.46. The van der Waals surface area contributed by atoms with Gasteiger partial charge in [-0.2, -0.15) is 11.3 Å². The summed E-state index contributed by atoms with van der Waals surface area (Å²) in [4.78, 5) is 27.7. The molecule has 1 saturated heterocycles. The fraction of sp³-hybridized carbons (Fsp3) is 0.429. The number of carbonyl (C=O) groups is 2. The quantitative estimate of drug-likeness (QED) is 0.797. The van der Waals surface area contributed by atoms with E-state index in [0.29, 0.717) is 0 Å². The maximum absolute atomic E-state index is 13.4. The third-order valence-electron chi connectivity index (χ3n) is 5.68. The molecule has 0 unspecified atom stereocenters. The molecule has 1 aliphatic heterocycles. The third-order valence-corrected chi connectivity index (χ3v) is 6.37. The van der Waals surface area contributed by atoms with Crippen molar-refractivity contribution in [3.8, 4) is 5.75 Å². The van der Waals surface area contributed by atoms with Crippen LogP contribution in [0, 0.1) is 0 Å². The van der Waals surface area contributed by atoms with E-state index in [4.69, 9.17) is 4.74 Å². The number of benzene rings is 1. The number of nitrogens with zero attached hydrogens (tertiary/aromatic N) is 1. The van der Waals surface area contributed by atoms with Crippen LogP contribution in [0.1, 0.15) is 44.1 Å². The van der Waals surface area contributed by atoms with Gasteiger partial charge in [0.15, 0.2) is 5.54 Å². The molecule has 27 heavy (non-hydrogen) atoms. The minimum atomic E-state index is -0.955. The third kappa shape index (κ3) is 3.12. The van der Waals surface area contributed by atoms with Gasteiger partial charge in [0, 0.05) is 11.7 Å². The lowest BCUT2D eigenvalue weighted by atomic mass is 9.76. The van der Waals surface area contributed by atoms with Crippen LogP contribution in [0.5, 0.6) is 5.75 Å². The Morgan fingerprint density at radius 1 is 1.19 bits per heavy atom. The predicted molar refractivity (Wildman–Crippen MR) is 106 cm³/mol. The van der Waals surface area contributed by atoms with E-state index in [1.54, 1.807) is 23.3 Å². The average molecular weight is 385 g/mol. The molecular weight excluding hydrogens is 360 g/mol. The van der Waals surface area contributed by atoms with E-state index >= 15 is 0 Å². The number of β-lactam (4-membered cyclic amide) rings is 1. The Bertz CT molecular complexity index is 812. The summed E-state index contributed by atoms with van der Waals surface area (Å²) in [6.45, 7) is 0. The van der Waals surface area contributed by atoms with E-state index < -0.39 is 5.54 Å². The summed E-state index contributed by atoms with van der Waals surface area (Å²) >= 11 is 1.55. The Balaban J connectivity index is 1.67. The first-order chi connectivity index (χ1) is 13.1. The highest BCUT2D eigenvalue weighted by Gasteiger charge is 2.58. The first kappa shape index (κ1) is 18.0. The predicted octanol–water partition coefficient (Wildman–Crippen LogP) is 3.84. The van der Waals surface area contributed by atoms with Gasteiger partial charge in [0.2, 0.25) is 5.91 Å². The van der Waals surface area contributed by atoms with Crippen molar-refractivity contribution < 1.29 is 14.3 Å². The number of carbonyl (C=O) groups excluding carboxylic acids is 2. The lowest BCUT2D eigenvalue weighted by Crippen LogP contribution is -2.69. The van der Waals surface area contributed by atoms with Crippen LogP contribution >= 0.6 is 11.3 Å². The van der Waals surface area contributed by atoms with Gasteiger partial charge in [-0.05, 0) is 59.5 Å². The van der Waals surface area contributed by atoms with Gasteiger partial charge in [-0.25, -0.2) is 0 Å². The molecule has 2 aliphatic rings. The van der Waals surface area contributed by atoms with Gasteiger partial charge in [0.1, 0.15) is 5.75 Å². The molecule has 0 radical (unpaired) electrons. The van der Waals surface area contributed by atoms with Gasteiger partial charge in [-0.3, -0.25) is 14.5 Å². The van der Waals surface area contributed by atoms with Crippen LogP contribution < -0.4 is 15.0 Å². The highest BCUT2D eigenvalue weighted by molar-refractivity contribution is 7.08. The first-order valence-corrected chi connectivity index (χ1v) is 10.4. The molecule has 2 fully saturated rings. The summed E-state index contributed by atoms with van der Waals surface area (Å²) in [5.41, 5.74) is 0.650. The molecule has 2 aromatic rings. The van der Waals surface area contributed by atoms with Crippen LogP contribution in [0.3, 0.4) is 0 Å². The molecule has 6 heteroatoms. The Labute approximate surface area is 163 Å². The van der Waals surface area contributed by atoms with Gasteiger partial charge in [-0.1, -0.05) is 19.3 Å². The number of anilines is 1. The smallest absolute Gasteiger partial charge is 0.251 e. The van der Waals surface area contributed by atoms with Crippen LogP contribution in [0.2, 0.25) is 0 Å². The molecular formula is C21H24N2O3S. The molecule has 0 bridgehead atoms. The summed E-state index contributed by atoms with van der Waals surface area (Å²) < 4.78 is 5.22. The summed E-state index contributed by atoms with van der Waals surface area (Å²) in [5.74, 6) is 0.618. The molecule has 5 nitrogen and oxygen atoms in total. The number of rotatable bonds is 5. The van der Waals surface area contributed by atoms with Crippen molar-refractivity contribution in [2.45, 2.75) is 50.1 Å². The molecule has 2 amide bonds. The highest BCUT2D eigenvalue weighted by atomic mass is 32.1. The van der Waals surface area contributed by atoms with Crippen molar-refractivity contribution >= 4 is 28.8 Å². The van der Waals surface area contributed by atoms with Crippen LogP contribution in [0.4, 0.5) is 5.69 Å². The van der Waals surface area contributed by atoms with Crippen LogP contribution in [0.15, 0.2) is 41.1 Å². The highest BCUT2D eigenvalue weighted by Crippen LogP contribution is 2.46. The van der Waals surface area contributed by atoms with E-state index in [1.165, 1.54) is 6.42 Å². The standard InChI is InChI=1S/C21H24N2O3S/c1-26-18-9-7-17(8-10-18)23-19(24)13-21(23,15-11-12-27-14-15)20(25)22-16-5-3-2-4-6-16/h7-12,14,16H,2-6,13H2,1H3,(H,22,25)/t21-/m1/s1. The molecule has 142 valence electrons. The molecule has 1 aromatic heterocycles. The van der Waals surface area contributed by atoms with E-state index in [2.05, 4.69) is 5.32 Å². The molecule has 1 aromatic carbocycles. The van der Waals surface area contributed by atoms with Gasteiger partial charge in [0.25, 0.3) is 5.91 Å². The van der Waals surface area contributed by atoms with Crippen molar-refractivity contribution in [1.82, 2.24) is 5.32 Å². The number of hydrogen-bond donors (Lipinski definition) is 1. The Kier molecular flexibility index (Phi) is 4.91. The average Bonchev–Trinajstić information content (AvgIpc) is 3.22. The lowest BCUT2D eigenvalue weighted by Gasteiger charge is -2.50. The molecule has 1 atom stereocenters. The number of thiophene rings is 1. The Morgan fingerprint density at radius 3 is 2.52 bits per heavy atom. The Hall–Kier alpha value is -2.34. The molecule has 0 spiro atoms. The van der Waals surface area contributed by atoms with Gasteiger partial charge in [-0.15, -0.1) is 0 Å². The summed E-state index contributed by atoms with van der Waals surface area (Å²) in [7, 11) is 1.61. The zero-order chi connectivity index (χ0) is 18.9. The topological polar surface area (TPSA) is 58.6 Å². The van der Waals surface area contributed by atoms with Crippen LogP contribution in [-0.2, 0) is 15.1 Å². The lowest BCUT2D eigenvalue weighted by molar-refractivity contribution is -0.140. The zero-order valence-electron chi connectivity index (χ0n) is 15.4. The zero-order valence-corrected chi connectivity index (χ0v) is 16.3. The van der Waals surface area contributed by atoms with E-state index in [-0.39, 0.29) is 24.3 Å². The fourth-order valence-electron chi connectivity index (χ4n) is 4.19. The molecule has 4 rings (SSSR count). The van der Waals surface area contributed by atoms with Crippen molar-refractivity contribution in [1.29, 1.82) is 0 Å². The second-order valence-corrected chi connectivity index (χ2v) is 8.06.